The predicted molar refractivity (Wildman–Crippen MR) is 165 cm³/mol. The van der Waals surface area contributed by atoms with Crippen LogP contribution in [0.15, 0.2) is 78.9 Å². The topological polar surface area (TPSA) is 115 Å². The number of urea groups is 1. The van der Waals surface area contributed by atoms with Crippen molar-refractivity contribution in [3.8, 4) is 5.75 Å². The summed E-state index contributed by atoms with van der Waals surface area (Å²) in [6.07, 6.45) is 0.674. The van der Waals surface area contributed by atoms with Crippen LogP contribution in [0.1, 0.15) is 36.1 Å². The van der Waals surface area contributed by atoms with Crippen LogP contribution in [-0.4, -0.2) is 78.5 Å². The van der Waals surface area contributed by atoms with Gasteiger partial charge in [0.05, 0.1) is 12.2 Å². The summed E-state index contributed by atoms with van der Waals surface area (Å²) in [7, 11) is 1.81. The molecular formula is C33H38N6O5. The molecule has 0 aromatic heterocycles. The standard InChI is InChI=1S/C33H38N6O5/c1-3-17-39(33(43)34-20-24-11-6-4-7-12-24)38-19-18-37(21-26-15-10-16-27-31(26)36(2)23-29(41)44-27)32(42)30(35-28(40)22-38)25-13-8-5-9-14-25/h4-16,30H,3,17-23H2,1-2H3,(H,34,43)(H,35,40)/t30-/m0/s1. The Morgan fingerprint density at radius 2 is 1.68 bits per heavy atom. The number of hydrazine groups is 1. The minimum absolute atomic E-state index is 0.0946. The molecule has 0 unspecified atom stereocenters. The third kappa shape index (κ3) is 7.17. The van der Waals surface area contributed by atoms with E-state index in [-0.39, 0.29) is 56.5 Å². The number of hydrogen-bond acceptors (Lipinski definition) is 7. The molecule has 0 bridgehead atoms. The fourth-order valence-electron chi connectivity index (χ4n) is 5.57. The molecule has 2 N–H and O–H groups in total. The van der Waals surface area contributed by atoms with E-state index in [1.165, 1.54) is 0 Å². The van der Waals surface area contributed by atoms with Gasteiger partial charge >= 0.3 is 12.0 Å². The number of likely N-dealkylation sites (N-methyl/N-ethyl adjacent to an activating group) is 1. The van der Waals surface area contributed by atoms with Gasteiger partial charge in [-0.15, -0.1) is 0 Å². The summed E-state index contributed by atoms with van der Waals surface area (Å²) < 4.78 is 5.48. The van der Waals surface area contributed by atoms with E-state index in [0.29, 0.717) is 30.8 Å². The molecule has 0 saturated carbocycles. The third-order valence-corrected chi connectivity index (χ3v) is 7.66. The Hall–Kier alpha value is -4.90. The normalized spacial score (nSPS) is 17.5. The number of rotatable bonds is 8. The number of hydrogen-bond donors (Lipinski definition) is 2. The lowest BCUT2D eigenvalue weighted by Crippen LogP contribution is -2.54. The quantitative estimate of drug-likeness (QED) is 0.303. The largest absolute Gasteiger partial charge is 0.423 e. The van der Waals surface area contributed by atoms with Crippen LogP contribution >= 0.6 is 0 Å². The zero-order chi connectivity index (χ0) is 31.1. The van der Waals surface area contributed by atoms with Crippen molar-refractivity contribution in [2.75, 3.05) is 44.7 Å². The fraction of sp³-hybridized carbons (Fsp3) is 0.333. The monoisotopic (exact) mass is 598 g/mol. The van der Waals surface area contributed by atoms with Gasteiger partial charge in [0.15, 0.2) is 5.75 Å². The summed E-state index contributed by atoms with van der Waals surface area (Å²) in [5, 5.41) is 9.17. The van der Waals surface area contributed by atoms with Crippen molar-refractivity contribution >= 4 is 29.5 Å². The van der Waals surface area contributed by atoms with Gasteiger partial charge in [-0.2, -0.15) is 0 Å². The second-order valence-electron chi connectivity index (χ2n) is 10.9. The van der Waals surface area contributed by atoms with Crippen molar-refractivity contribution in [1.82, 2.24) is 25.6 Å². The number of amides is 4. The van der Waals surface area contributed by atoms with Gasteiger partial charge in [-0.3, -0.25) is 14.6 Å². The van der Waals surface area contributed by atoms with Crippen LogP contribution in [0.25, 0.3) is 0 Å². The second-order valence-corrected chi connectivity index (χ2v) is 10.9. The van der Waals surface area contributed by atoms with E-state index in [1.54, 1.807) is 27.1 Å². The molecule has 5 rings (SSSR count). The van der Waals surface area contributed by atoms with Crippen molar-refractivity contribution in [1.29, 1.82) is 0 Å². The van der Waals surface area contributed by atoms with Gasteiger partial charge in [0.1, 0.15) is 12.6 Å². The molecule has 44 heavy (non-hydrogen) atoms. The van der Waals surface area contributed by atoms with Crippen molar-refractivity contribution in [2.45, 2.75) is 32.5 Å². The molecule has 11 heteroatoms. The van der Waals surface area contributed by atoms with Crippen LogP contribution < -0.4 is 20.3 Å². The highest BCUT2D eigenvalue weighted by molar-refractivity contribution is 5.90. The van der Waals surface area contributed by atoms with Gasteiger partial charge in [0.25, 0.3) is 0 Å². The number of carbonyl (C=O) groups excluding carboxylic acids is 4. The Kier molecular flexibility index (Phi) is 9.75. The van der Waals surface area contributed by atoms with Gasteiger partial charge in [-0.25, -0.2) is 14.6 Å². The molecule has 230 valence electrons. The van der Waals surface area contributed by atoms with Crippen molar-refractivity contribution in [3.63, 3.8) is 0 Å². The molecule has 11 nitrogen and oxygen atoms in total. The molecule has 0 aliphatic carbocycles. The Balaban J connectivity index is 1.44. The summed E-state index contributed by atoms with van der Waals surface area (Å²) in [6.45, 7) is 3.42. The predicted octanol–water partition coefficient (Wildman–Crippen LogP) is 3.08. The van der Waals surface area contributed by atoms with Gasteiger partial charge < -0.3 is 25.2 Å². The van der Waals surface area contributed by atoms with Crippen molar-refractivity contribution < 1.29 is 23.9 Å². The number of anilines is 1. The molecule has 0 radical (unpaired) electrons. The maximum Gasteiger partial charge on any atom is 0.332 e. The van der Waals surface area contributed by atoms with E-state index in [4.69, 9.17) is 4.74 Å². The summed E-state index contributed by atoms with van der Waals surface area (Å²) in [4.78, 5) is 56.7. The Morgan fingerprint density at radius 1 is 0.955 bits per heavy atom. The van der Waals surface area contributed by atoms with Gasteiger partial charge in [0.2, 0.25) is 11.8 Å². The average molecular weight is 599 g/mol. The zero-order valence-electron chi connectivity index (χ0n) is 25.1. The molecule has 1 saturated heterocycles. The Labute approximate surface area is 257 Å². The minimum atomic E-state index is -0.912. The summed E-state index contributed by atoms with van der Waals surface area (Å²) in [5.41, 5.74) is 3.17. The lowest BCUT2D eigenvalue weighted by molar-refractivity contribution is -0.136. The third-order valence-electron chi connectivity index (χ3n) is 7.66. The second kappa shape index (κ2) is 14.0. The fourth-order valence-corrected chi connectivity index (χ4v) is 5.57. The first-order chi connectivity index (χ1) is 21.3. The molecule has 1 atom stereocenters. The summed E-state index contributed by atoms with van der Waals surface area (Å²) in [5.74, 6) is -0.540. The number of nitrogens with zero attached hydrogens (tertiary/aromatic N) is 4. The van der Waals surface area contributed by atoms with E-state index in [2.05, 4.69) is 10.6 Å². The van der Waals surface area contributed by atoms with Crippen LogP contribution in [0.4, 0.5) is 10.5 Å². The molecule has 1 fully saturated rings. The summed E-state index contributed by atoms with van der Waals surface area (Å²) >= 11 is 0. The first-order valence-electron chi connectivity index (χ1n) is 14.8. The highest BCUT2D eigenvalue weighted by Crippen LogP contribution is 2.35. The minimum Gasteiger partial charge on any atom is -0.423 e. The summed E-state index contributed by atoms with van der Waals surface area (Å²) in [6, 6.07) is 23.0. The van der Waals surface area contributed by atoms with Gasteiger partial charge in [-0.05, 0) is 29.2 Å². The number of nitrogens with one attached hydrogen (secondary N) is 2. The van der Waals surface area contributed by atoms with Crippen LogP contribution in [0.3, 0.4) is 0 Å². The first kappa shape index (κ1) is 30.6. The first-order valence-corrected chi connectivity index (χ1v) is 14.8. The number of fused-ring (bicyclic) bond motifs is 1. The number of ether oxygens (including phenoxy) is 1. The van der Waals surface area contributed by atoms with E-state index >= 15 is 0 Å². The SMILES string of the molecule is CCCN(C(=O)NCc1ccccc1)N1CCN(Cc2cccc3c2N(C)CC(=O)O3)C(=O)[C@H](c2ccccc2)NC(=O)C1. The molecule has 3 aromatic carbocycles. The number of esters is 1. The molecule has 2 heterocycles. The zero-order valence-corrected chi connectivity index (χ0v) is 25.1. The Morgan fingerprint density at radius 3 is 2.41 bits per heavy atom. The highest BCUT2D eigenvalue weighted by Gasteiger charge is 2.34. The van der Waals surface area contributed by atoms with Gasteiger partial charge in [-0.1, -0.05) is 79.7 Å². The lowest BCUT2D eigenvalue weighted by atomic mass is 10.0. The Bertz CT molecular complexity index is 1480. The van der Waals surface area contributed by atoms with Crippen LogP contribution in [0.2, 0.25) is 0 Å². The maximum absolute atomic E-state index is 14.2. The number of carbonyl (C=O) groups is 4. The number of benzene rings is 3. The lowest BCUT2D eigenvalue weighted by Gasteiger charge is -2.35. The van der Waals surface area contributed by atoms with Crippen molar-refractivity contribution in [2.24, 2.45) is 0 Å². The van der Waals surface area contributed by atoms with Crippen LogP contribution in [-0.2, 0) is 27.5 Å². The highest BCUT2D eigenvalue weighted by atomic mass is 16.5. The smallest absolute Gasteiger partial charge is 0.332 e. The number of para-hydroxylation sites is 1. The van der Waals surface area contributed by atoms with Crippen LogP contribution in [0, 0.1) is 0 Å². The van der Waals surface area contributed by atoms with E-state index in [1.807, 2.05) is 85.6 Å². The molecular weight excluding hydrogens is 560 g/mol. The van der Waals surface area contributed by atoms with Crippen LogP contribution in [0.5, 0.6) is 5.75 Å². The van der Waals surface area contributed by atoms with Gasteiger partial charge in [0, 0.05) is 39.8 Å². The van der Waals surface area contributed by atoms with Crippen molar-refractivity contribution in [3.05, 3.63) is 95.6 Å². The molecule has 4 amide bonds. The van der Waals surface area contributed by atoms with E-state index in [0.717, 1.165) is 16.8 Å². The van der Waals surface area contributed by atoms with E-state index < -0.39 is 6.04 Å². The molecule has 0 spiro atoms. The molecule has 3 aromatic rings. The molecule has 2 aliphatic heterocycles. The molecule has 2 aliphatic rings. The van der Waals surface area contributed by atoms with E-state index in [9.17, 15) is 19.2 Å². The average Bonchev–Trinajstić information content (AvgIpc) is 3.08. The maximum atomic E-state index is 14.2.